The zero-order chi connectivity index (χ0) is 12.3. The molecule has 98 valence electrons. The van der Waals surface area contributed by atoms with Crippen molar-refractivity contribution in [3.05, 3.63) is 42.5 Å². The molecule has 0 aliphatic carbocycles. The SMILES string of the molecule is Cc1ccc(NCC[n+]2ccn(C)c2)cc1O.[Br-]. The minimum absolute atomic E-state index is 0. The van der Waals surface area contributed by atoms with Gasteiger partial charge in [-0.05, 0) is 18.6 Å². The predicted octanol–water partition coefficient (Wildman–Crippen LogP) is -1.56. The molecule has 2 aromatic rings. The quantitative estimate of drug-likeness (QED) is 0.671. The molecule has 0 fully saturated rings. The average Bonchev–Trinajstić information content (AvgIpc) is 2.70. The molecule has 1 aromatic carbocycles. The van der Waals surface area contributed by atoms with Gasteiger partial charge in [-0.3, -0.25) is 0 Å². The summed E-state index contributed by atoms with van der Waals surface area (Å²) in [5.74, 6) is 0.336. The summed E-state index contributed by atoms with van der Waals surface area (Å²) in [5, 5.41) is 12.9. The fraction of sp³-hybridized carbons (Fsp3) is 0.308. The number of halogens is 1. The van der Waals surface area contributed by atoms with Crippen molar-refractivity contribution in [1.29, 1.82) is 0 Å². The molecule has 0 aliphatic heterocycles. The number of hydrogen-bond donors (Lipinski definition) is 2. The van der Waals surface area contributed by atoms with E-state index in [0.29, 0.717) is 5.75 Å². The zero-order valence-corrected chi connectivity index (χ0v) is 12.2. The maximum atomic E-state index is 9.57. The molecule has 0 saturated carbocycles. The fourth-order valence-corrected chi connectivity index (χ4v) is 1.68. The van der Waals surface area contributed by atoms with E-state index in [9.17, 15) is 5.11 Å². The van der Waals surface area contributed by atoms with Crippen LogP contribution in [0.3, 0.4) is 0 Å². The summed E-state index contributed by atoms with van der Waals surface area (Å²) in [6, 6.07) is 5.64. The highest BCUT2D eigenvalue weighted by atomic mass is 79.9. The van der Waals surface area contributed by atoms with Gasteiger partial charge in [0.25, 0.3) is 0 Å². The molecule has 0 spiro atoms. The second kappa shape index (κ2) is 6.44. The number of aromatic hydroxyl groups is 1. The number of anilines is 1. The van der Waals surface area contributed by atoms with Crippen LogP contribution in [0, 0.1) is 6.92 Å². The summed E-state index contributed by atoms with van der Waals surface area (Å²) in [4.78, 5) is 0. The van der Waals surface area contributed by atoms with E-state index in [1.54, 1.807) is 6.07 Å². The van der Waals surface area contributed by atoms with Crippen LogP contribution in [0.2, 0.25) is 0 Å². The first kappa shape index (κ1) is 14.6. The molecule has 1 aromatic heterocycles. The van der Waals surface area contributed by atoms with Gasteiger partial charge in [0, 0.05) is 11.8 Å². The summed E-state index contributed by atoms with van der Waals surface area (Å²) in [7, 11) is 2.00. The van der Waals surface area contributed by atoms with Gasteiger partial charge in [-0.15, -0.1) is 0 Å². The Morgan fingerprint density at radius 3 is 2.78 bits per heavy atom. The average molecular weight is 312 g/mol. The van der Waals surface area contributed by atoms with Crippen LogP contribution in [0.25, 0.3) is 0 Å². The Morgan fingerprint density at radius 1 is 1.39 bits per heavy atom. The Labute approximate surface area is 118 Å². The van der Waals surface area contributed by atoms with Gasteiger partial charge in [0.05, 0.1) is 13.6 Å². The van der Waals surface area contributed by atoms with Crippen LogP contribution in [0.4, 0.5) is 5.69 Å². The lowest BCUT2D eigenvalue weighted by Gasteiger charge is -2.06. The maximum Gasteiger partial charge on any atom is 0.243 e. The van der Waals surface area contributed by atoms with Crippen molar-refractivity contribution in [3.63, 3.8) is 0 Å². The number of nitrogens with zero attached hydrogens (tertiary/aromatic N) is 2. The Kier molecular flexibility index (Phi) is 5.22. The third kappa shape index (κ3) is 3.77. The van der Waals surface area contributed by atoms with E-state index in [2.05, 4.69) is 9.88 Å². The van der Waals surface area contributed by atoms with Crippen LogP contribution in [-0.2, 0) is 13.6 Å². The van der Waals surface area contributed by atoms with E-state index in [-0.39, 0.29) is 17.0 Å². The molecule has 0 amide bonds. The highest BCUT2D eigenvalue weighted by Gasteiger charge is 2.01. The lowest BCUT2D eigenvalue weighted by atomic mass is 10.2. The highest BCUT2D eigenvalue weighted by Crippen LogP contribution is 2.20. The lowest BCUT2D eigenvalue weighted by Crippen LogP contribution is -3.00. The molecule has 1 heterocycles. The topological polar surface area (TPSA) is 41.1 Å². The first-order valence-corrected chi connectivity index (χ1v) is 5.69. The second-order valence-electron chi connectivity index (χ2n) is 4.24. The molecule has 0 saturated heterocycles. The Morgan fingerprint density at radius 2 is 2.17 bits per heavy atom. The molecule has 18 heavy (non-hydrogen) atoms. The van der Waals surface area contributed by atoms with E-state index < -0.39 is 0 Å². The smallest absolute Gasteiger partial charge is 0.243 e. The van der Waals surface area contributed by atoms with E-state index in [4.69, 9.17) is 0 Å². The highest BCUT2D eigenvalue weighted by molar-refractivity contribution is 5.50. The van der Waals surface area contributed by atoms with Crippen LogP contribution in [0.1, 0.15) is 5.56 Å². The number of hydrogen-bond acceptors (Lipinski definition) is 2. The van der Waals surface area contributed by atoms with Crippen molar-refractivity contribution in [2.24, 2.45) is 7.05 Å². The third-order valence-electron chi connectivity index (χ3n) is 2.73. The number of imidazole rings is 1. The van der Waals surface area contributed by atoms with Crippen molar-refractivity contribution >= 4 is 5.69 Å². The first-order valence-electron chi connectivity index (χ1n) is 5.69. The summed E-state index contributed by atoms with van der Waals surface area (Å²) in [6.45, 7) is 3.62. The zero-order valence-electron chi connectivity index (χ0n) is 10.6. The van der Waals surface area contributed by atoms with Crippen molar-refractivity contribution in [3.8, 4) is 5.75 Å². The number of benzene rings is 1. The molecule has 2 rings (SSSR count). The lowest BCUT2D eigenvalue weighted by molar-refractivity contribution is -0.693. The van der Waals surface area contributed by atoms with Crippen LogP contribution in [-0.4, -0.2) is 16.2 Å². The standard InChI is InChI=1S/C13H17N3O.BrH/c1-11-3-4-12(9-13(11)17)14-5-6-16-8-7-15(2)10-16;/h3-4,7-10,14H,5-6H2,1-2H3;1H. The van der Waals surface area contributed by atoms with Gasteiger partial charge in [0.2, 0.25) is 6.33 Å². The minimum atomic E-state index is 0. The Bertz CT molecular complexity index is 511. The number of nitrogens with one attached hydrogen (secondary N) is 1. The van der Waals surface area contributed by atoms with Crippen LogP contribution in [0.15, 0.2) is 36.9 Å². The molecule has 0 unspecified atom stereocenters. The van der Waals surface area contributed by atoms with Gasteiger partial charge < -0.3 is 27.4 Å². The monoisotopic (exact) mass is 311 g/mol. The van der Waals surface area contributed by atoms with Gasteiger partial charge in [0.1, 0.15) is 24.7 Å². The molecule has 5 heteroatoms. The summed E-state index contributed by atoms with van der Waals surface area (Å²) in [6.07, 6.45) is 6.08. The molecule has 0 radical (unpaired) electrons. The maximum absolute atomic E-state index is 9.57. The van der Waals surface area contributed by atoms with Crippen LogP contribution >= 0.6 is 0 Å². The van der Waals surface area contributed by atoms with Crippen molar-refractivity contribution in [1.82, 2.24) is 4.57 Å². The molecular weight excluding hydrogens is 294 g/mol. The van der Waals surface area contributed by atoms with Crippen LogP contribution in [0.5, 0.6) is 5.75 Å². The van der Waals surface area contributed by atoms with E-state index in [1.807, 2.05) is 49.4 Å². The molecule has 0 atom stereocenters. The number of aryl methyl sites for hydroxylation is 2. The van der Waals surface area contributed by atoms with E-state index in [0.717, 1.165) is 24.3 Å². The molecular formula is C13H18BrN3O. The molecule has 2 N–H and O–H groups in total. The summed E-state index contributed by atoms with van der Waals surface area (Å²) >= 11 is 0. The molecule has 0 aliphatic rings. The number of rotatable bonds is 4. The third-order valence-corrected chi connectivity index (χ3v) is 2.73. The Balaban J connectivity index is 0.00000162. The number of aromatic nitrogens is 2. The van der Waals surface area contributed by atoms with E-state index in [1.165, 1.54) is 0 Å². The molecule has 4 nitrogen and oxygen atoms in total. The van der Waals surface area contributed by atoms with E-state index >= 15 is 0 Å². The van der Waals surface area contributed by atoms with Gasteiger partial charge in [-0.25, -0.2) is 9.13 Å². The Hall–Kier alpha value is -1.49. The largest absolute Gasteiger partial charge is 1.00 e. The second-order valence-corrected chi connectivity index (χ2v) is 4.24. The van der Waals surface area contributed by atoms with Crippen LogP contribution < -0.4 is 26.9 Å². The van der Waals surface area contributed by atoms with Crippen molar-refractivity contribution < 1.29 is 26.7 Å². The summed E-state index contributed by atoms with van der Waals surface area (Å²) < 4.78 is 4.12. The summed E-state index contributed by atoms with van der Waals surface area (Å²) in [5.41, 5.74) is 1.85. The fourth-order valence-electron chi connectivity index (χ4n) is 1.68. The van der Waals surface area contributed by atoms with Gasteiger partial charge in [0.15, 0.2) is 0 Å². The number of phenolic OH excluding ortho intramolecular Hbond substituents is 1. The molecule has 0 bridgehead atoms. The number of phenols is 1. The minimum Gasteiger partial charge on any atom is -1.00 e. The normalized spacial score (nSPS) is 9.89. The van der Waals surface area contributed by atoms with Gasteiger partial charge in [-0.2, -0.15) is 0 Å². The predicted molar refractivity (Wildman–Crippen MR) is 66.9 cm³/mol. The van der Waals surface area contributed by atoms with Gasteiger partial charge >= 0.3 is 0 Å². The van der Waals surface area contributed by atoms with Crippen molar-refractivity contribution in [2.75, 3.05) is 11.9 Å². The first-order chi connectivity index (χ1) is 8.15. The van der Waals surface area contributed by atoms with Gasteiger partial charge in [-0.1, -0.05) is 6.07 Å². The van der Waals surface area contributed by atoms with Crippen molar-refractivity contribution in [2.45, 2.75) is 13.5 Å².